The molecule has 2 rings (SSSR count). The molecular formula is C8H11N5S. The van der Waals surface area contributed by atoms with Crippen LogP contribution in [0.1, 0.15) is 27.2 Å². The zero-order chi connectivity index (χ0) is 10.1. The van der Waals surface area contributed by atoms with Gasteiger partial charge in [0.15, 0.2) is 5.82 Å². The minimum absolute atomic E-state index is 0.279. The molecule has 0 aliphatic carbocycles. The van der Waals surface area contributed by atoms with E-state index in [1.165, 1.54) is 9.75 Å². The first-order valence-corrected chi connectivity index (χ1v) is 5.06. The number of aromatic amines is 1. The molecule has 0 aliphatic rings. The van der Waals surface area contributed by atoms with E-state index in [2.05, 4.69) is 33.6 Å². The predicted molar refractivity (Wildman–Crippen MR) is 54.0 cm³/mol. The Morgan fingerprint density at radius 1 is 1.50 bits per heavy atom. The van der Waals surface area contributed by atoms with Crippen molar-refractivity contribution in [3.8, 4) is 0 Å². The van der Waals surface area contributed by atoms with Crippen LogP contribution in [0, 0.1) is 13.8 Å². The number of nitrogens with one attached hydrogen (secondary N) is 1. The van der Waals surface area contributed by atoms with Crippen LogP contribution in [0.25, 0.3) is 0 Å². The Morgan fingerprint density at radius 3 is 2.79 bits per heavy atom. The normalized spacial score (nSPS) is 13.1. The van der Waals surface area contributed by atoms with Gasteiger partial charge >= 0.3 is 0 Å². The Morgan fingerprint density at radius 2 is 2.29 bits per heavy atom. The Kier molecular flexibility index (Phi) is 2.30. The average molecular weight is 209 g/mol. The minimum atomic E-state index is -0.279. The van der Waals surface area contributed by atoms with Crippen molar-refractivity contribution in [2.24, 2.45) is 5.73 Å². The highest BCUT2D eigenvalue weighted by Gasteiger charge is 2.17. The van der Waals surface area contributed by atoms with Crippen LogP contribution in [0.5, 0.6) is 0 Å². The molecular weight excluding hydrogens is 198 g/mol. The van der Waals surface area contributed by atoms with Gasteiger partial charge in [0.05, 0.1) is 6.04 Å². The van der Waals surface area contributed by atoms with Crippen molar-refractivity contribution in [3.05, 3.63) is 27.2 Å². The fourth-order valence-electron chi connectivity index (χ4n) is 1.40. The summed E-state index contributed by atoms with van der Waals surface area (Å²) in [5.74, 6) is 0.533. The number of hydrogen-bond donors (Lipinski definition) is 2. The molecule has 1 atom stereocenters. The van der Waals surface area contributed by atoms with Gasteiger partial charge < -0.3 is 5.73 Å². The summed E-state index contributed by atoms with van der Waals surface area (Å²) in [5.41, 5.74) is 7.07. The second kappa shape index (κ2) is 3.47. The lowest BCUT2D eigenvalue weighted by molar-refractivity contribution is 0.783. The molecule has 2 aromatic rings. The summed E-state index contributed by atoms with van der Waals surface area (Å²) in [5, 5.41) is 13.6. The van der Waals surface area contributed by atoms with E-state index in [1.807, 2.05) is 6.92 Å². The molecule has 0 fully saturated rings. The van der Waals surface area contributed by atoms with Crippen LogP contribution in [0.2, 0.25) is 0 Å². The summed E-state index contributed by atoms with van der Waals surface area (Å²) in [6.07, 6.45) is 0. The van der Waals surface area contributed by atoms with Gasteiger partial charge in [0, 0.05) is 9.75 Å². The van der Waals surface area contributed by atoms with Gasteiger partial charge in [-0.25, -0.2) is 0 Å². The van der Waals surface area contributed by atoms with Crippen molar-refractivity contribution in [1.82, 2.24) is 20.6 Å². The summed E-state index contributed by atoms with van der Waals surface area (Å²) in [7, 11) is 0. The molecule has 0 aliphatic heterocycles. The number of hydrogen-bond acceptors (Lipinski definition) is 5. The maximum Gasteiger partial charge on any atom is 0.195 e. The first kappa shape index (κ1) is 9.29. The number of aromatic nitrogens is 4. The summed E-state index contributed by atoms with van der Waals surface area (Å²) in [6.45, 7) is 4.11. The molecule has 6 heteroatoms. The first-order valence-electron chi connectivity index (χ1n) is 4.24. The van der Waals surface area contributed by atoms with Gasteiger partial charge in [-0.15, -0.1) is 21.5 Å². The van der Waals surface area contributed by atoms with Gasteiger partial charge in [-0.1, -0.05) is 5.21 Å². The van der Waals surface area contributed by atoms with Crippen LogP contribution in [0.15, 0.2) is 6.07 Å². The van der Waals surface area contributed by atoms with E-state index in [0.29, 0.717) is 5.82 Å². The van der Waals surface area contributed by atoms with E-state index in [-0.39, 0.29) is 6.04 Å². The second-order valence-corrected chi connectivity index (χ2v) is 4.58. The summed E-state index contributed by atoms with van der Waals surface area (Å²) in [4.78, 5) is 2.45. The highest BCUT2D eigenvalue weighted by atomic mass is 32.1. The minimum Gasteiger partial charge on any atom is -0.317 e. The Labute approximate surface area is 85.3 Å². The maximum atomic E-state index is 6.00. The van der Waals surface area contributed by atoms with Crippen LogP contribution >= 0.6 is 11.3 Å². The first-order chi connectivity index (χ1) is 6.68. The van der Waals surface area contributed by atoms with Gasteiger partial charge in [-0.3, -0.25) is 0 Å². The van der Waals surface area contributed by atoms with Crippen LogP contribution in [-0.4, -0.2) is 20.6 Å². The second-order valence-electron chi connectivity index (χ2n) is 3.12. The molecule has 14 heavy (non-hydrogen) atoms. The molecule has 3 N–H and O–H groups in total. The van der Waals surface area contributed by atoms with Gasteiger partial charge in [0.25, 0.3) is 0 Å². The lowest BCUT2D eigenvalue weighted by Gasteiger charge is -2.05. The number of aryl methyl sites for hydroxylation is 2. The summed E-state index contributed by atoms with van der Waals surface area (Å²) < 4.78 is 0. The average Bonchev–Trinajstić information content (AvgIpc) is 2.73. The Bertz CT molecular complexity index is 419. The quantitative estimate of drug-likeness (QED) is 0.771. The molecule has 2 heterocycles. The van der Waals surface area contributed by atoms with Crippen molar-refractivity contribution in [2.45, 2.75) is 19.9 Å². The number of H-pyrrole nitrogens is 1. The number of thiophene rings is 1. The maximum absolute atomic E-state index is 6.00. The summed E-state index contributed by atoms with van der Waals surface area (Å²) in [6, 6.07) is 1.79. The molecule has 74 valence electrons. The largest absolute Gasteiger partial charge is 0.317 e. The van der Waals surface area contributed by atoms with E-state index in [1.54, 1.807) is 11.3 Å². The number of rotatable bonds is 2. The van der Waals surface area contributed by atoms with Gasteiger partial charge in [-0.2, -0.15) is 5.21 Å². The molecule has 5 nitrogen and oxygen atoms in total. The molecule has 0 saturated heterocycles. The van der Waals surface area contributed by atoms with Crippen molar-refractivity contribution >= 4 is 11.3 Å². The molecule has 0 aromatic carbocycles. The molecule has 1 unspecified atom stereocenters. The van der Waals surface area contributed by atoms with Gasteiger partial charge in [0.2, 0.25) is 0 Å². The number of tetrazole rings is 1. The Hall–Kier alpha value is -1.27. The molecule has 0 amide bonds. The summed E-state index contributed by atoms with van der Waals surface area (Å²) >= 11 is 1.73. The van der Waals surface area contributed by atoms with Crippen LogP contribution in [0.3, 0.4) is 0 Å². The number of nitrogens with two attached hydrogens (primary N) is 1. The molecule has 0 radical (unpaired) electrons. The van der Waals surface area contributed by atoms with Crippen molar-refractivity contribution in [3.63, 3.8) is 0 Å². The lowest BCUT2D eigenvalue weighted by atomic mass is 10.1. The third-order valence-electron chi connectivity index (χ3n) is 2.05. The van der Waals surface area contributed by atoms with Gasteiger partial charge in [0.1, 0.15) is 0 Å². The van der Waals surface area contributed by atoms with E-state index < -0.39 is 0 Å². The van der Waals surface area contributed by atoms with Crippen molar-refractivity contribution < 1.29 is 0 Å². The third kappa shape index (κ3) is 1.53. The molecule has 0 spiro atoms. The standard InChI is InChI=1S/C8H11N5S/c1-4-3-6(5(2)14-4)7(9)8-10-12-13-11-8/h3,7H,9H2,1-2H3,(H,10,11,12,13). The zero-order valence-corrected chi connectivity index (χ0v) is 8.80. The highest BCUT2D eigenvalue weighted by molar-refractivity contribution is 7.12. The molecule has 2 aromatic heterocycles. The monoisotopic (exact) mass is 209 g/mol. The van der Waals surface area contributed by atoms with E-state index in [9.17, 15) is 0 Å². The smallest absolute Gasteiger partial charge is 0.195 e. The topological polar surface area (TPSA) is 80.5 Å². The fourth-order valence-corrected chi connectivity index (χ4v) is 2.37. The van der Waals surface area contributed by atoms with E-state index in [4.69, 9.17) is 5.73 Å². The van der Waals surface area contributed by atoms with Crippen LogP contribution in [-0.2, 0) is 0 Å². The SMILES string of the molecule is Cc1cc(C(N)c2nn[nH]n2)c(C)s1. The van der Waals surface area contributed by atoms with Crippen molar-refractivity contribution in [2.75, 3.05) is 0 Å². The fraction of sp³-hybridized carbons (Fsp3) is 0.375. The highest BCUT2D eigenvalue weighted by Crippen LogP contribution is 2.27. The zero-order valence-electron chi connectivity index (χ0n) is 7.98. The molecule has 0 saturated carbocycles. The Balaban J connectivity index is 2.36. The predicted octanol–water partition coefficient (Wildman–Crippen LogP) is 0.926. The molecule has 0 bridgehead atoms. The third-order valence-corrected chi connectivity index (χ3v) is 3.04. The van der Waals surface area contributed by atoms with Crippen LogP contribution < -0.4 is 5.73 Å². The van der Waals surface area contributed by atoms with Crippen molar-refractivity contribution in [1.29, 1.82) is 0 Å². The van der Waals surface area contributed by atoms with E-state index >= 15 is 0 Å². The van der Waals surface area contributed by atoms with E-state index in [0.717, 1.165) is 5.56 Å². The number of nitrogens with zero attached hydrogens (tertiary/aromatic N) is 3. The van der Waals surface area contributed by atoms with Gasteiger partial charge in [-0.05, 0) is 25.5 Å². The lowest BCUT2D eigenvalue weighted by Crippen LogP contribution is -2.13. The van der Waals surface area contributed by atoms with Crippen LogP contribution in [0.4, 0.5) is 0 Å².